The van der Waals surface area contributed by atoms with E-state index in [1.54, 1.807) is 0 Å². The van der Waals surface area contributed by atoms with Crippen LogP contribution in [0.25, 0.3) is 0 Å². The molecule has 118 valence electrons. The third kappa shape index (κ3) is 3.92. The Morgan fingerprint density at radius 3 is 2.48 bits per heavy atom. The average Bonchev–Trinajstić information content (AvgIpc) is 2.48. The smallest absolute Gasteiger partial charge is 0.0517 e. The van der Waals surface area contributed by atoms with Crippen molar-refractivity contribution in [3.05, 3.63) is 33.8 Å². The third-order valence-corrected chi connectivity index (χ3v) is 5.13. The zero-order valence-corrected chi connectivity index (χ0v) is 14.8. The molecule has 1 N–H and O–H groups in total. The van der Waals surface area contributed by atoms with Crippen LogP contribution in [0.3, 0.4) is 0 Å². The zero-order chi connectivity index (χ0) is 15.5. The van der Waals surface area contributed by atoms with Crippen molar-refractivity contribution in [1.82, 2.24) is 10.2 Å². The summed E-state index contributed by atoms with van der Waals surface area (Å²) in [5.41, 5.74) is 1.10. The highest BCUT2D eigenvalue weighted by atomic mass is 35.5. The molecular weight excluding hydrogens is 303 g/mol. The van der Waals surface area contributed by atoms with Crippen molar-refractivity contribution in [2.45, 2.75) is 51.6 Å². The van der Waals surface area contributed by atoms with Gasteiger partial charge in [0.15, 0.2) is 0 Å². The Kier molecular flexibility index (Phi) is 5.96. The molecule has 1 saturated heterocycles. The van der Waals surface area contributed by atoms with Gasteiger partial charge in [0.1, 0.15) is 0 Å². The Balaban J connectivity index is 2.34. The molecule has 0 spiro atoms. The van der Waals surface area contributed by atoms with Crippen molar-refractivity contribution in [1.29, 1.82) is 0 Å². The molecule has 0 amide bonds. The van der Waals surface area contributed by atoms with Crippen molar-refractivity contribution >= 4 is 23.2 Å². The number of hydrogen-bond donors (Lipinski definition) is 1. The zero-order valence-electron chi connectivity index (χ0n) is 13.3. The molecular formula is C17H26Cl2N2. The van der Waals surface area contributed by atoms with Crippen LogP contribution >= 0.6 is 23.2 Å². The first-order valence-electron chi connectivity index (χ1n) is 7.90. The van der Waals surface area contributed by atoms with E-state index in [0.717, 1.165) is 35.2 Å². The second-order valence-electron chi connectivity index (χ2n) is 6.36. The molecule has 1 aliphatic rings. The molecule has 21 heavy (non-hydrogen) atoms. The van der Waals surface area contributed by atoms with Gasteiger partial charge in [-0.05, 0) is 70.1 Å². The summed E-state index contributed by atoms with van der Waals surface area (Å²) in [6, 6.07) is 5.93. The molecule has 0 radical (unpaired) electrons. The highest BCUT2D eigenvalue weighted by Gasteiger charge is 2.37. The van der Waals surface area contributed by atoms with Crippen molar-refractivity contribution in [3.63, 3.8) is 0 Å². The molecule has 0 aliphatic carbocycles. The molecule has 1 aromatic rings. The van der Waals surface area contributed by atoms with Crippen molar-refractivity contribution in [2.75, 3.05) is 19.6 Å². The van der Waals surface area contributed by atoms with Gasteiger partial charge in [0.25, 0.3) is 0 Å². The topological polar surface area (TPSA) is 15.3 Å². The van der Waals surface area contributed by atoms with E-state index >= 15 is 0 Å². The summed E-state index contributed by atoms with van der Waals surface area (Å²) in [5, 5.41) is 5.15. The molecule has 2 nitrogen and oxygen atoms in total. The van der Waals surface area contributed by atoms with Crippen LogP contribution in [0.1, 0.15) is 51.6 Å². The average molecular weight is 329 g/mol. The lowest BCUT2D eigenvalue weighted by Gasteiger charge is -2.46. The lowest BCUT2D eigenvalue weighted by molar-refractivity contribution is 0.0613. The largest absolute Gasteiger partial charge is 0.309 e. The van der Waals surface area contributed by atoms with Gasteiger partial charge in [-0.2, -0.15) is 0 Å². The van der Waals surface area contributed by atoms with Crippen LogP contribution in [0.2, 0.25) is 10.0 Å². The number of nitrogens with one attached hydrogen (secondary N) is 1. The molecule has 0 saturated carbocycles. The first kappa shape index (κ1) is 17.1. The Morgan fingerprint density at radius 1 is 1.19 bits per heavy atom. The number of benzene rings is 1. The maximum atomic E-state index is 6.45. The van der Waals surface area contributed by atoms with E-state index in [2.05, 4.69) is 31.0 Å². The summed E-state index contributed by atoms with van der Waals surface area (Å²) >= 11 is 12.7. The predicted octanol–water partition coefficient (Wildman–Crippen LogP) is 4.91. The van der Waals surface area contributed by atoms with Gasteiger partial charge >= 0.3 is 0 Å². The monoisotopic (exact) mass is 328 g/mol. The van der Waals surface area contributed by atoms with Crippen molar-refractivity contribution in [2.24, 2.45) is 0 Å². The minimum absolute atomic E-state index is 0.00471. The summed E-state index contributed by atoms with van der Waals surface area (Å²) in [4.78, 5) is 2.58. The van der Waals surface area contributed by atoms with Gasteiger partial charge in [-0.1, -0.05) is 36.5 Å². The second kappa shape index (κ2) is 7.32. The van der Waals surface area contributed by atoms with E-state index in [0.29, 0.717) is 0 Å². The first-order chi connectivity index (χ1) is 9.96. The Morgan fingerprint density at radius 2 is 1.86 bits per heavy atom. The molecule has 1 aromatic carbocycles. The summed E-state index contributed by atoms with van der Waals surface area (Å²) in [5.74, 6) is 0. The molecule has 2 rings (SSSR count). The Labute approximate surface area is 138 Å². The molecule has 1 aliphatic heterocycles. The van der Waals surface area contributed by atoms with Crippen molar-refractivity contribution < 1.29 is 0 Å². The van der Waals surface area contributed by atoms with E-state index in [-0.39, 0.29) is 11.6 Å². The fraction of sp³-hybridized carbons (Fsp3) is 0.647. The van der Waals surface area contributed by atoms with Gasteiger partial charge in [-0.25, -0.2) is 0 Å². The van der Waals surface area contributed by atoms with E-state index in [9.17, 15) is 0 Å². The third-order valence-electron chi connectivity index (χ3n) is 4.55. The van der Waals surface area contributed by atoms with E-state index < -0.39 is 0 Å². The quantitative estimate of drug-likeness (QED) is 0.826. The van der Waals surface area contributed by atoms with Crippen LogP contribution in [0, 0.1) is 0 Å². The number of piperidine rings is 1. The molecule has 1 atom stereocenters. The van der Waals surface area contributed by atoms with Crippen LogP contribution in [-0.2, 0) is 0 Å². The summed E-state index contributed by atoms with van der Waals surface area (Å²) in [7, 11) is 0. The Bertz CT molecular complexity index is 468. The molecule has 0 bridgehead atoms. The lowest BCUT2D eigenvalue weighted by atomic mass is 9.85. The van der Waals surface area contributed by atoms with Gasteiger partial charge in [0.05, 0.1) is 6.04 Å². The number of hydrogen-bond acceptors (Lipinski definition) is 2. The molecule has 1 unspecified atom stereocenters. The highest BCUT2D eigenvalue weighted by molar-refractivity contribution is 6.33. The normalized spacial score (nSPS) is 18.7. The first-order valence-corrected chi connectivity index (χ1v) is 8.65. The highest BCUT2D eigenvalue weighted by Crippen LogP contribution is 2.37. The minimum Gasteiger partial charge on any atom is -0.309 e. The summed E-state index contributed by atoms with van der Waals surface area (Å²) in [6.45, 7) is 9.98. The van der Waals surface area contributed by atoms with E-state index in [1.165, 1.54) is 19.3 Å². The number of likely N-dealkylation sites (N-methyl/N-ethyl adjacent to an activating group) is 1. The van der Waals surface area contributed by atoms with Gasteiger partial charge < -0.3 is 5.32 Å². The van der Waals surface area contributed by atoms with Crippen LogP contribution in [0.5, 0.6) is 0 Å². The van der Waals surface area contributed by atoms with Gasteiger partial charge in [-0.3, -0.25) is 4.90 Å². The number of likely N-dealkylation sites (tertiary alicyclic amines) is 1. The van der Waals surface area contributed by atoms with Crippen LogP contribution in [0.4, 0.5) is 0 Å². The molecule has 0 aromatic heterocycles. The van der Waals surface area contributed by atoms with Crippen LogP contribution in [-0.4, -0.2) is 30.1 Å². The fourth-order valence-corrected chi connectivity index (χ4v) is 3.74. The maximum absolute atomic E-state index is 6.45. The summed E-state index contributed by atoms with van der Waals surface area (Å²) < 4.78 is 0. The fourth-order valence-electron chi connectivity index (χ4n) is 3.33. The number of halogens is 2. The van der Waals surface area contributed by atoms with Gasteiger partial charge in [0, 0.05) is 15.6 Å². The lowest BCUT2D eigenvalue weighted by Crippen LogP contribution is -2.54. The minimum atomic E-state index is 0.00471. The maximum Gasteiger partial charge on any atom is 0.0517 e. The molecule has 1 heterocycles. The van der Waals surface area contributed by atoms with Crippen LogP contribution < -0.4 is 5.32 Å². The van der Waals surface area contributed by atoms with Gasteiger partial charge in [-0.15, -0.1) is 0 Å². The van der Waals surface area contributed by atoms with E-state index in [1.807, 2.05) is 18.2 Å². The Hall–Kier alpha value is -0.280. The number of rotatable bonds is 5. The summed E-state index contributed by atoms with van der Waals surface area (Å²) in [6.07, 6.45) is 3.91. The SMILES string of the molecule is CCNC(c1cc(Cl)ccc1Cl)C(C)(C)N1CCCCC1. The molecule has 4 heteroatoms. The predicted molar refractivity (Wildman–Crippen MR) is 92.4 cm³/mol. The standard InChI is InChI=1S/C17H26Cl2N2/c1-4-20-16(14-12-13(18)8-9-15(14)19)17(2,3)21-10-6-5-7-11-21/h8-9,12,16,20H,4-7,10-11H2,1-3H3. The van der Waals surface area contributed by atoms with E-state index in [4.69, 9.17) is 23.2 Å². The number of nitrogens with zero attached hydrogens (tertiary/aromatic N) is 1. The molecule has 1 fully saturated rings. The van der Waals surface area contributed by atoms with Crippen molar-refractivity contribution in [3.8, 4) is 0 Å². The van der Waals surface area contributed by atoms with Gasteiger partial charge in [0.2, 0.25) is 0 Å². The van der Waals surface area contributed by atoms with Crippen LogP contribution in [0.15, 0.2) is 18.2 Å². The second-order valence-corrected chi connectivity index (χ2v) is 7.20.